The summed E-state index contributed by atoms with van der Waals surface area (Å²) in [7, 11) is 0. The van der Waals surface area contributed by atoms with E-state index in [1.165, 1.54) is 6.20 Å². The van der Waals surface area contributed by atoms with Crippen molar-refractivity contribution in [1.29, 1.82) is 0 Å². The lowest BCUT2D eigenvalue weighted by Gasteiger charge is -2.10. The molecule has 18 heavy (non-hydrogen) atoms. The molecule has 4 nitrogen and oxygen atoms in total. The van der Waals surface area contributed by atoms with Gasteiger partial charge in [0.15, 0.2) is 5.15 Å². The van der Waals surface area contributed by atoms with Gasteiger partial charge < -0.3 is 5.11 Å². The Morgan fingerprint density at radius 3 is 2.61 bits per heavy atom. The summed E-state index contributed by atoms with van der Waals surface area (Å²) < 4.78 is 0. The number of carboxylic acids is 1. The van der Waals surface area contributed by atoms with Crippen molar-refractivity contribution in [2.45, 2.75) is 13.8 Å². The van der Waals surface area contributed by atoms with Gasteiger partial charge in [-0.1, -0.05) is 35.4 Å². The first kappa shape index (κ1) is 12.5. The van der Waals surface area contributed by atoms with Crippen LogP contribution >= 0.6 is 11.6 Å². The lowest BCUT2D eigenvalue weighted by atomic mass is 9.97. The molecule has 2 rings (SSSR count). The first-order valence-corrected chi connectivity index (χ1v) is 5.70. The number of hydrogen-bond acceptors (Lipinski definition) is 3. The third-order valence-corrected chi connectivity index (χ3v) is 2.96. The minimum absolute atomic E-state index is 0.0152. The predicted octanol–water partition coefficient (Wildman–Crippen LogP) is 3.11. The zero-order chi connectivity index (χ0) is 13.3. The summed E-state index contributed by atoms with van der Waals surface area (Å²) >= 11 is 5.80. The van der Waals surface area contributed by atoms with Crippen molar-refractivity contribution in [3.05, 3.63) is 46.2 Å². The van der Waals surface area contributed by atoms with Crippen molar-refractivity contribution in [3.63, 3.8) is 0 Å². The van der Waals surface area contributed by atoms with E-state index >= 15 is 0 Å². The molecule has 0 aliphatic rings. The molecule has 0 saturated heterocycles. The normalized spacial score (nSPS) is 10.4. The van der Waals surface area contributed by atoms with Crippen LogP contribution in [0.3, 0.4) is 0 Å². The number of nitrogens with zero attached hydrogens (tertiary/aromatic N) is 2. The molecule has 1 N–H and O–H groups in total. The average molecular weight is 263 g/mol. The Hall–Kier alpha value is -1.94. The number of rotatable bonds is 2. The number of aryl methyl sites for hydroxylation is 2. The fourth-order valence-electron chi connectivity index (χ4n) is 1.89. The minimum Gasteiger partial charge on any atom is -0.478 e. The summed E-state index contributed by atoms with van der Waals surface area (Å²) in [6.07, 6.45) is 1.42. The van der Waals surface area contributed by atoms with E-state index in [9.17, 15) is 9.90 Å². The second-order valence-corrected chi connectivity index (χ2v) is 4.41. The van der Waals surface area contributed by atoms with Gasteiger partial charge in [0.2, 0.25) is 0 Å². The predicted molar refractivity (Wildman–Crippen MR) is 68.9 cm³/mol. The van der Waals surface area contributed by atoms with E-state index in [1.54, 1.807) is 0 Å². The van der Waals surface area contributed by atoms with Crippen LogP contribution in [0, 0.1) is 13.8 Å². The maximum absolute atomic E-state index is 11.2. The molecule has 0 aliphatic carbocycles. The van der Waals surface area contributed by atoms with Gasteiger partial charge in [0.1, 0.15) is 5.56 Å². The van der Waals surface area contributed by atoms with Crippen molar-refractivity contribution in [1.82, 2.24) is 10.2 Å². The fourth-order valence-corrected chi connectivity index (χ4v) is 2.11. The summed E-state index contributed by atoms with van der Waals surface area (Å²) in [6.45, 7) is 3.90. The van der Waals surface area contributed by atoms with Gasteiger partial charge in [-0.15, -0.1) is 5.10 Å². The van der Waals surface area contributed by atoms with Crippen LogP contribution in [0.25, 0.3) is 11.1 Å². The Kier molecular flexibility index (Phi) is 3.30. The van der Waals surface area contributed by atoms with Crippen molar-refractivity contribution in [3.8, 4) is 11.1 Å². The van der Waals surface area contributed by atoms with Crippen LogP contribution < -0.4 is 0 Å². The third kappa shape index (κ3) is 2.19. The molecule has 1 aromatic heterocycles. The zero-order valence-electron chi connectivity index (χ0n) is 9.94. The van der Waals surface area contributed by atoms with Crippen LogP contribution in [0.15, 0.2) is 24.4 Å². The molecule has 5 heteroatoms. The van der Waals surface area contributed by atoms with E-state index in [0.717, 1.165) is 16.7 Å². The highest BCUT2D eigenvalue weighted by molar-refractivity contribution is 6.33. The number of aromatic nitrogens is 2. The monoisotopic (exact) mass is 262 g/mol. The summed E-state index contributed by atoms with van der Waals surface area (Å²) in [5.74, 6) is -1.11. The standard InChI is InChI=1S/C13H11ClN2O2/c1-7-3-4-9(8(2)5-7)10-6-15-16-12(14)11(10)13(17)18/h3-6H,1-2H3,(H,17,18). The van der Waals surface area contributed by atoms with Gasteiger partial charge >= 0.3 is 5.97 Å². The molecule has 0 amide bonds. The molecular formula is C13H11ClN2O2. The largest absolute Gasteiger partial charge is 0.478 e. The van der Waals surface area contributed by atoms with E-state index in [2.05, 4.69) is 10.2 Å². The van der Waals surface area contributed by atoms with Crippen LogP contribution in [0.5, 0.6) is 0 Å². The van der Waals surface area contributed by atoms with Crippen LogP contribution in [0.2, 0.25) is 5.15 Å². The van der Waals surface area contributed by atoms with Crippen molar-refractivity contribution in [2.24, 2.45) is 0 Å². The lowest BCUT2D eigenvalue weighted by Crippen LogP contribution is -2.04. The van der Waals surface area contributed by atoms with Gasteiger partial charge in [-0.3, -0.25) is 0 Å². The van der Waals surface area contributed by atoms with Gasteiger partial charge in [-0.05, 0) is 25.0 Å². The number of benzene rings is 1. The minimum atomic E-state index is -1.11. The van der Waals surface area contributed by atoms with Gasteiger partial charge in [0.05, 0.1) is 6.20 Å². The summed E-state index contributed by atoms with van der Waals surface area (Å²) in [5.41, 5.74) is 3.36. The molecule has 2 aromatic rings. The highest BCUT2D eigenvalue weighted by Gasteiger charge is 2.18. The van der Waals surface area contributed by atoms with Crippen molar-refractivity contribution in [2.75, 3.05) is 0 Å². The quantitative estimate of drug-likeness (QED) is 0.903. The van der Waals surface area contributed by atoms with Crippen molar-refractivity contribution >= 4 is 17.6 Å². The smallest absolute Gasteiger partial charge is 0.339 e. The molecule has 0 bridgehead atoms. The number of aromatic carboxylic acids is 1. The Morgan fingerprint density at radius 1 is 1.28 bits per heavy atom. The number of halogens is 1. The maximum Gasteiger partial charge on any atom is 0.339 e. The van der Waals surface area contributed by atoms with E-state index < -0.39 is 5.97 Å². The van der Waals surface area contributed by atoms with Gasteiger partial charge in [-0.2, -0.15) is 5.10 Å². The summed E-state index contributed by atoms with van der Waals surface area (Å²) in [4.78, 5) is 11.2. The SMILES string of the molecule is Cc1ccc(-c2cnnc(Cl)c2C(=O)O)c(C)c1. The molecule has 0 unspecified atom stereocenters. The molecule has 0 saturated carbocycles. The number of carbonyl (C=O) groups is 1. The molecule has 0 radical (unpaired) electrons. The van der Waals surface area contributed by atoms with Gasteiger partial charge in [0.25, 0.3) is 0 Å². The molecule has 0 spiro atoms. The van der Waals surface area contributed by atoms with E-state index in [4.69, 9.17) is 11.6 Å². The van der Waals surface area contributed by atoms with Gasteiger partial charge in [0, 0.05) is 5.56 Å². The van der Waals surface area contributed by atoms with Crippen LogP contribution in [-0.2, 0) is 0 Å². The number of carboxylic acid groups (broad SMARTS) is 1. The molecular weight excluding hydrogens is 252 g/mol. The van der Waals surface area contributed by atoms with Crippen molar-refractivity contribution < 1.29 is 9.90 Å². The molecule has 0 fully saturated rings. The third-order valence-electron chi connectivity index (χ3n) is 2.69. The first-order chi connectivity index (χ1) is 8.50. The molecule has 92 valence electrons. The van der Waals surface area contributed by atoms with E-state index in [-0.39, 0.29) is 10.7 Å². The number of hydrogen-bond donors (Lipinski definition) is 1. The topological polar surface area (TPSA) is 63.1 Å². The fraction of sp³-hybridized carbons (Fsp3) is 0.154. The second-order valence-electron chi connectivity index (χ2n) is 4.05. The van der Waals surface area contributed by atoms with Crippen LogP contribution in [0.1, 0.15) is 21.5 Å². The molecule has 1 heterocycles. The van der Waals surface area contributed by atoms with Gasteiger partial charge in [-0.25, -0.2) is 4.79 Å². The highest BCUT2D eigenvalue weighted by atomic mass is 35.5. The average Bonchev–Trinajstić information content (AvgIpc) is 2.28. The molecule has 0 atom stereocenters. The second kappa shape index (κ2) is 4.74. The Morgan fingerprint density at radius 2 is 2.00 bits per heavy atom. The van der Waals surface area contributed by atoms with Crippen LogP contribution in [-0.4, -0.2) is 21.3 Å². The zero-order valence-corrected chi connectivity index (χ0v) is 10.7. The Labute approximate surface area is 109 Å². The van der Waals surface area contributed by atoms with E-state index in [0.29, 0.717) is 5.56 Å². The first-order valence-electron chi connectivity index (χ1n) is 5.33. The van der Waals surface area contributed by atoms with E-state index in [1.807, 2.05) is 32.0 Å². The Balaban J connectivity index is 2.71. The summed E-state index contributed by atoms with van der Waals surface area (Å²) in [5, 5.41) is 16.4. The molecule has 0 aliphatic heterocycles. The Bertz CT molecular complexity index is 626. The van der Waals surface area contributed by atoms with Crippen LogP contribution in [0.4, 0.5) is 0 Å². The highest BCUT2D eigenvalue weighted by Crippen LogP contribution is 2.29. The lowest BCUT2D eigenvalue weighted by molar-refractivity contribution is 0.0697. The maximum atomic E-state index is 11.2. The molecule has 1 aromatic carbocycles. The summed E-state index contributed by atoms with van der Waals surface area (Å²) in [6, 6.07) is 5.77.